The molecule has 11 heteroatoms. The van der Waals surface area contributed by atoms with Gasteiger partial charge < -0.3 is 14.0 Å². The van der Waals surface area contributed by atoms with Gasteiger partial charge in [-0.3, -0.25) is 0 Å². The molecular formula is C11H8Br3O7S-. The standard InChI is InChI=1S/C11H9Br3O7S/c12-6-3-7(10(14)8(13)4-6)11(16)21-5-9(15)20-1-2-22(17,18)19/h3-4H,1-2,5H2,(H,17,18,19)/p-1. The number of hydrogen-bond donors (Lipinski definition) is 0. The van der Waals surface area contributed by atoms with E-state index in [1.54, 1.807) is 6.07 Å². The number of benzene rings is 1. The molecule has 0 aliphatic carbocycles. The molecule has 1 rings (SSSR count). The Morgan fingerprint density at radius 3 is 2.36 bits per heavy atom. The van der Waals surface area contributed by atoms with Gasteiger partial charge in [0.05, 0.1) is 21.4 Å². The van der Waals surface area contributed by atoms with E-state index in [4.69, 9.17) is 4.74 Å². The third-order valence-electron chi connectivity index (χ3n) is 2.13. The molecule has 122 valence electrons. The Morgan fingerprint density at radius 1 is 1.14 bits per heavy atom. The summed E-state index contributed by atoms with van der Waals surface area (Å²) < 4.78 is 41.8. The van der Waals surface area contributed by atoms with E-state index < -0.39 is 41.0 Å². The summed E-state index contributed by atoms with van der Waals surface area (Å²) in [5.74, 6) is -2.57. The van der Waals surface area contributed by atoms with Gasteiger partial charge >= 0.3 is 11.9 Å². The van der Waals surface area contributed by atoms with Crippen LogP contribution >= 0.6 is 47.8 Å². The summed E-state index contributed by atoms with van der Waals surface area (Å²) in [5, 5.41) is 0. The highest BCUT2D eigenvalue weighted by Gasteiger charge is 2.17. The molecule has 0 aliphatic rings. The number of hydrogen-bond acceptors (Lipinski definition) is 7. The topological polar surface area (TPSA) is 110 Å². The fourth-order valence-corrected chi connectivity index (χ4v) is 3.11. The fourth-order valence-electron chi connectivity index (χ4n) is 1.21. The van der Waals surface area contributed by atoms with Crippen molar-refractivity contribution < 1.29 is 32.0 Å². The molecule has 0 bridgehead atoms. The second kappa shape index (κ2) is 8.39. The summed E-state index contributed by atoms with van der Waals surface area (Å²) in [6.07, 6.45) is 0. The van der Waals surface area contributed by atoms with Crippen LogP contribution < -0.4 is 0 Å². The van der Waals surface area contributed by atoms with Crippen LogP contribution in [0, 0.1) is 0 Å². The van der Waals surface area contributed by atoms with Gasteiger partial charge in [-0.2, -0.15) is 0 Å². The lowest BCUT2D eigenvalue weighted by Crippen LogP contribution is -2.20. The molecule has 0 atom stereocenters. The zero-order valence-electron chi connectivity index (χ0n) is 10.7. The summed E-state index contributed by atoms with van der Waals surface area (Å²) in [4.78, 5) is 23.1. The summed E-state index contributed by atoms with van der Waals surface area (Å²) in [7, 11) is -4.46. The molecule has 0 fully saturated rings. The molecule has 1 aromatic rings. The quantitative estimate of drug-likeness (QED) is 0.319. The van der Waals surface area contributed by atoms with Crippen LogP contribution in [0.2, 0.25) is 0 Å². The maximum absolute atomic E-state index is 11.9. The van der Waals surface area contributed by atoms with E-state index in [2.05, 4.69) is 52.5 Å². The largest absolute Gasteiger partial charge is 0.748 e. The predicted octanol–water partition coefficient (Wildman–Crippen LogP) is 2.22. The van der Waals surface area contributed by atoms with Gasteiger partial charge in [0, 0.05) is 13.4 Å². The van der Waals surface area contributed by atoms with Gasteiger partial charge in [0.2, 0.25) is 0 Å². The van der Waals surface area contributed by atoms with E-state index >= 15 is 0 Å². The van der Waals surface area contributed by atoms with Crippen molar-refractivity contribution in [3.8, 4) is 0 Å². The summed E-state index contributed by atoms with van der Waals surface area (Å²) in [6.45, 7) is -1.29. The van der Waals surface area contributed by atoms with Crippen LogP contribution in [-0.2, 0) is 24.4 Å². The van der Waals surface area contributed by atoms with Crippen LogP contribution in [-0.4, -0.2) is 43.9 Å². The Labute approximate surface area is 151 Å². The van der Waals surface area contributed by atoms with E-state index in [9.17, 15) is 22.6 Å². The van der Waals surface area contributed by atoms with Crippen LogP contribution in [0.25, 0.3) is 0 Å². The average Bonchev–Trinajstić information content (AvgIpc) is 2.38. The summed E-state index contributed by atoms with van der Waals surface area (Å²) >= 11 is 9.65. The maximum atomic E-state index is 11.9. The van der Waals surface area contributed by atoms with Gasteiger partial charge in [-0.25, -0.2) is 18.0 Å². The Hall–Kier alpha value is -0.490. The highest BCUT2D eigenvalue weighted by molar-refractivity contribution is 9.13. The first kappa shape index (κ1) is 19.6. The molecule has 22 heavy (non-hydrogen) atoms. The van der Waals surface area contributed by atoms with Crippen LogP contribution in [0.5, 0.6) is 0 Å². The monoisotopic (exact) mass is 521 g/mol. The zero-order valence-corrected chi connectivity index (χ0v) is 16.3. The van der Waals surface area contributed by atoms with E-state index in [1.807, 2.05) is 0 Å². The molecule has 1 aromatic carbocycles. The van der Waals surface area contributed by atoms with Crippen molar-refractivity contribution in [1.82, 2.24) is 0 Å². The van der Waals surface area contributed by atoms with Crippen molar-refractivity contribution in [3.05, 3.63) is 31.1 Å². The second-order valence-corrected chi connectivity index (χ2v) is 7.89. The second-order valence-electron chi connectivity index (χ2n) is 3.81. The lowest BCUT2D eigenvalue weighted by Gasteiger charge is -2.09. The Morgan fingerprint density at radius 2 is 1.77 bits per heavy atom. The first-order chi connectivity index (χ1) is 10.1. The number of ether oxygens (including phenoxy) is 2. The van der Waals surface area contributed by atoms with E-state index in [-0.39, 0.29) is 5.56 Å². The smallest absolute Gasteiger partial charge is 0.344 e. The highest BCUT2D eigenvalue weighted by atomic mass is 79.9. The number of carbonyl (C=O) groups excluding carboxylic acids is 2. The molecule has 0 spiro atoms. The van der Waals surface area contributed by atoms with Gasteiger partial charge in [-0.15, -0.1) is 0 Å². The van der Waals surface area contributed by atoms with Crippen LogP contribution in [0.1, 0.15) is 10.4 Å². The number of carbonyl (C=O) groups is 2. The van der Waals surface area contributed by atoms with Crippen molar-refractivity contribution >= 4 is 69.8 Å². The van der Waals surface area contributed by atoms with Gasteiger partial charge in [-0.1, -0.05) is 15.9 Å². The molecule has 0 unspecified atom stereocenters. The number of halogens is 3. The van der Waals surface area contributed by atoms with Crippen LogP contribution in [0.3, 0.4) is 0 Å². The van der Waals surface area contributed by atoms with Crippen LogP contribution in [0.15, 0.2) is 25.6 Å². The van der Waals surface area contributed by atoms with Crippen molar-refractivity contribution in [2.75, 3.05) is 19.0 Å². The molecule has 0 saturated heterocycles. The van der Waals surface area contributed by atoms with Gasteiger partial charge in [0.1, 0.15) is 6.61 Å². The normalized spacial score (nSPS) is 11.1. The van der Waals surface area contributed by atoms with E-state index in [1.165, 1.54) is 6.07 Å². The molecule has 0 aromatic heterocycles. The van der Waals surface area contributed by atoms with Crippen molar-refractivity contribution in [2.24, 2.45) is 0 Å². The Bertz CT molecular complexity index is 687. The van der Waals surface area contributed by atoms with Crippen molar-refractivity contribution in [2.45, 2.75) is 0 Å². The Kier molecular flexibility index (Phi) is 7.46. The van der Waals surface area contributed by atoms with Gasteiger partial charge in [0.15, 0.2) is 6.61 Å². The minimum atomic E-state index is -4.46. The lowest BCUT2D eigenvalue weighted by molar-refractivity contribution is -0.146. The summed E-state index contributed by atoms with van der Waals surface area (Å²) in [6, 6.07) is 3.20. The first-order valence-corrected chi connectivity index (χ1v) is 9.46. The van der Waals surface area contributed by atoms with Gasteiger partial charge in [0.25, 0.3) is 0 Å². The van der Waals surface area contributed by atoms with Crippen molar-refractivity contribution in [3.63, 3.8) is 0 Å². The third kappa shape index (κ3) is 6.73. The van der Waals surface area contributed by atoms with E-state index in [0.717, 1.165) is 0 Å². The average molecular weight is 524 g/mol. The number of esters is 2. The molecule has 0 radical (unpaired) electrons. The Balaban J connectivity index is 2.55. The minimum Gasteiger partial charge on any atom is -0.748 e. The molecule has 0 N–H and O–H groups in total. The molecule has 0 saturated carbocycles. The highest BCUT2D eigenvalue weighted by Crippen LogP contribution is 2.31. The third-order valence-corrected chi connectivity index (χ3v) is 5.27. The van der Waals surface area contributed by atoms with Crippen molar-refractivity contribution in [1.29, 1.82) is 0 Å². The minimum absolute atomic E-state index is 0.177. The predicted molar refractivity (Wildman–Crippen MR) is 85.3 cm³/mol. The molecular weight excluding hydrogens is 516 g/mol. The number of rotatable bonds is 6. The maximum Gasteiger partial charge on any atom is 0.344 e. The SMILES string of the molecule is O=C(COC(=O)c1cc(Br)cc(Br)c1Br)OCCS(=O)(=O)[O-]. The molecule has 0 heterocycles. The summed E-state index contributed by atoms with van der Waals surface area (Å²) in [5.41, 5.74) is 0.177. The first-order valence-electron chi connectivity index (χ1n) is 5.51. The van der Waals surface area contributed by atoms with Crippen LogP contribution in [0.4, 0.5) is 0 Å². The molecule has 0 amide bonds. The van der Waals surface area contributed by atoms with E-state index in [0.29, 0.717) is 13.4 Å². The molecule has 0 aliphatic heterocycles. The lowest BCUT2D eigenvalue weighted by atomic mass is 10.2. The fraction of sp³-hybridized carbons (Fsp3) is 0.273. The zero-order chi connectivity index (χ0) is 16.9. The van der Waals surface area contributed by atoms with Gasteiger partial charge in [-0.05, 0) is 44.0 Å². The molecule has 7 nitrogen and oxygen atoms in total.